The smallest absolute Gasteiger partial charge is 0.191 e. The van der Waals surface area contributed by atoms with E-state index in [1.165, 1.54) is 16.7 Å². The molecule has 1 aliphatic rings. The lowest BCUT2D eigenvalue weighted by molar-refractivity contribution is 0.0342. The van der Waals surface area contributed by atoms with Gasteiger partial charge in [-0.05, 0) is 36.1 Å². The molecule has 3 rings (SSSR count). The fraction of sp³-hybridized carbons (Fsp3) is 0.458. The van der Waals surface area contributed by atoms with Gasteiger partial charge in [-0.1, -0.05) is 42.5 Å². The zero-order chi connectivity index (χ0) is 21.0. The molecule has 1 fully saturated rings. The summed E-state index contributed by atoms with van der Waals surface area (Å²) in [7, 11) is 1.71. The summed E-state index contributed by atoms with van der Waals surface area (Å²) in [5.74, 6) is 1.77. The molecule has 31 heavy (non-hydrogen) atoms. The van der Waals surface area contributed by atoms with Gasteiger partial charge < -0.3 is 20.1 Å². The van der Waals surface area contributed by atoms with Crippen LogP contribution in [0.5, 0.6) is 5.75 Å². The summed E-state index contributed by atoms with van der Waals surface area (Å²) in [6, 6.07) is 16.9. The Morgan fingerprint density at radius 1 is 1.06 bits per heavy atom. The Balaban J connectivity index is 0.00000341. The van der Waals surface area contributed by atoms with Crippen molar-refractivity contribution in [2.45, 2.75) is 26.4 Å². The van der Waals surface area contributed by atoms with Crippen molar-refractivity contribution in [2.75, 3.05) is 46.5 Å². The highest BCUT2D eigenvalue weighted by Crippen LogP contribution is 2.17. The van der Waals surface area contributed by atoms with Crippen molar-refractivity contribution in [1.82, 2.24) is 15.5 Å². The van der Waals surface area contributed by atoms with Gasteiger partial charge in [-0.3, -0.25) is 4.90 Å². The van der Waals surface area contributed by atoms with E-state index in [9.17, 15) is 0 Å². The van der Waals surface area contributed by atoms with E-state index in [0.717, 1.165) is 64.1 Å². The van der Waals surface area contributed by atoms with Crippen LogP contribution in [0.2, 0.25) is 0 Å². The van der Waals surface area contributed by atoms with Gasteiger partial charge in [0, 0.05) is 32.7 Å². The van der Waals surface area contributed by atoms with Crippen molar-refractivity contribution < 1.29 is 9.47 Å². The molecular formula is C24H35IN4O2. The molecule has 0 aromatic heterocycles. The zero-order valence-electron chi connectivity index (χ0n) is 18.6. The molecule has 170 valence electrons. The Bertz CT molecular complexity index is 810. The second kappa shape index (κ2) is 14.3. The number of nitrogens with one attached hydrogen (secondary N) is 2. The third-order valence-electron chi connectivity index (χ3n) is 5.14. The Morgan fingerprint density at radius 2 is 1.84 bits per heavy atom. The number of nitrogens with zero attached hydrogens (tertiary/aromatic N) is 2. The van der Waals surface area contributed by atoms with E-state index in [1.807, 2.05) is 18.2 Å². The van der Waals surface area contributed by atoms with Gasteiger partial charge in [0.15, 0.2) is 5.96 Å². The minimum atomic E-state index is 0. The van der Waals surface area contributed by atoms with Crippen LogP contribution in [0.25, 0.3) is 0 Å². The van der Waals surface area contributed by atoms with Crippen LogP contribution in [-0.4, -0.2) is 57.4 Å². The fourth-order valence-electron chi connectivity index (χ4n) is 3.58. The number of morpholine rings is 1. The van der Waals surface area contributed by atoms with Crippen molar-refractivity contribution in [3.05, 3.63) is 65.2 Å². The lowest BCUT2D eigenvalue weighted by atomic mass is 10.1. The number of hydrogen-bond acceptors (Lipinski definition) is 4. The lowest BCUT2D eigenvalue weighted by Crippen LogP contribution is -2.38. The molecule has 2 aromatic carbocycles. The molecule has 2 N–H and O–H groups in total. The molecule has 6 nitrogen and oxygen atoms in total. The third kappa shape index (κ3) is 8.66. The number of benzene rings is 2. The Morgan fingerprint density at radius 3 is 2.61 bits per heavy atom. The maximum absolute atomic E-state index is 5.44. The van der Waals surface area contributed by atoms with Gasteiger partial charge in [-0.2, -0.15) is 0 Å². The van der Waals surface area contributed by atoms with Crippen molar-refractivity contribution in [1.29, 1.82) is 0 Å². The average Bonchev–Trinajstić information content (AvgIpc) is 2.79. The molecule has 0 spiro atoms. The molecule has 1 aliphatic heterocycles. The standard InChI is InChI=1S/C24H34N4O2.HI/c1-3-25-24(26-12-11-22-9-4-5-10-23(22)29-2)27-18-20-7-6-8-21(17-20)19-28-13-15-30-16-14-28;/h4-10,17H,3,11-16,18-19H2,1-2H3,(H2,25,26,27);1H. The summed E-state index contributed by atoms with van der Waals surface area (Å²) in [4.78, 5) is 7.21. The SMILES string of the molecule is CCNC(=NCc1cccc(CN2CCOCC2)c1)NCCc1ccccc1OC.I. The number of halogens is 1. The predicted octanol–water partition coefficient (Wildman–Crippen LogP) is 3.44. The topological polar surface area (TPSA) is 58.1 Å². The summed E-state index contributed by atoms with van der Waals surface area (Å²) in [6.07, 6.45) is 0.878. The largest absolute Gasteiger partial charge is 0.496 e. The first kappa shape index (κ1) is 25.4. The number of methoxy groups -OCH3 is 1. The van der Waals surface area contributed by atoms with Crippen LogP contribution >= 0.6 is 24.0 Å². The van der Waals surface area contributed by atoms with E-state index in [1.54, 1.807) is 7.11 Å². The normalized spacial score (nSPS) is 14.6. The number of para-hydroxylation sites is 1. The van der Waals surface area contributed by atoms with Crippen molar-refractivity contribution in [3.63, 3.8) is 0 Å². The van der Waals surface area contributed by atoms with Crippen LogP contribution < -0.4 is 15.4 Å². The van der Waals surface area contributed by atoms with E-state index in [4.69, 9.17) is 14.5 Å². The molecular weight excluding hydrogens is 503 g/mol. The van der Waals surface area contributed by atoms with E-state index in [0.29, 0.717) is 6.54 Å². The monoisotopic (exact) mass is 538 g/mol. The quantitative estimate of drug-likeness (QED) is 0.291. The number of guanidine groups is 1. The minimum absolute atomic E-state index is 0. The average molecular weight is 538 g/mol. The van der Waals surface area contributed by atoms with Crippen molar-refractivity contribution >= 4 is 29.9 Å². The fourth-order valence-corrected chi connectivity index (χ4v) is 3.58. The maximum Gasteiger partial charge on any atom is 0.191 e. The molecule has 2 aromatic rings. The first-order valence-corrected chi connectivity index (χ1v) is 10.8. The van der Waals surface area contributed by atoms with Gasteiger partial charge in [-0.15, -0.1) is 24.0 Å². The molecule has 0 amide bonds. The van der Waals surface area contributed by atoms with Crippen LogP contribution in [0.1, 0.15) is 23.6 Å². The molecule has 1 saturated heterocycles. The molecule has 0 aliphatic carbocycles. The van der Waals surface area contributed by atoms with Crippen LogP contribution in [0, 0.1) is 0 Å². The van der Waals surface area contributed by atoms with Crippen molar-refractivity contribution in [3.8, 4) is 5.75 Å². The highest BCUT2D eigenvalue weighted by molar-refractivity contribution is 14.0. The number of rotatable bonds is 9. The van der Waals surface area contributed by atoms with Gasteiger partial charge in [0.25, 0.3) is 0 Å². The van der Waals surface area contributed by atoms with Crippen LogP contribution in [0.4, 0.5) is 0 Å². The number of ether oxygens (including phenoxy) is 2. The summed E-state index contributed by atoms with van der Waals surface area (Å²) in [5, 5.41) is 6.77. The van der Waals surface area contributed by atoms with Crippen LogP contribution in [0.15, 0.2) is 53.5 Å². The van der Waals surface area contributed by atoms with E-state index in [-0.39, 0.29) is 24.0 Å². The molecule has 7 heteroatoms. The summed E-state index contributed by atoms with van der Waals surface area (Å²) in [6.45, 7) is 9.00. The van der Waals surface area contributed by atoms with Gasteiger partial charge in [0.05, 0.1) is 26.9 Å². The third-order valence-corrected chi connectivity index (χ3v) is 5.14. The van der Waals surface area contributed by atoms with Gasteiger partial charge in [0.2, 0.25) is 0 Å². The Hall–Kier alpha value is -1.84. The summed E-state index contributed by atoms with van der Waals surface area (Å²) in [5.41, 5.74) is 3.75. The Kier molecular flexibility index (Phi) is 11.7. The highest BCUT2D eigenvalue weighted by Gasteiger charge is 2.10. The molecule has 0 unspecified atom stereocenters. The van der Waals surface area contributed by atoms with E-state index < -0.39 is 0 Å². The molecule has 1 heterocycles. The van der Waals surface area contributed by atoms with Gasteiger partial charge >= 0.3 is 0 Å². The zero-order valence-corrected chi connectivity index (χ0v) is 20.9. The Labute approximate surface area is 203 Å². The first-order chi connectivity index (χ1) is 14.8. The second-order valence-corrected chi connectivity index (χ2v) is 7.39. The summed E-state index contributed by atoms with van der Waals surface area (Å²) < 4.78 is 10.9. The van der Waals surface area contributed by atoms with Crippen LogP contribution in [-0.2, 0) is 24.2 Å². The first-order valence-electron chi connectivity index (χ1n) is 10.8. The van der Waals surface area contributed by atoms with Gasteiger partial charge in [-0.25, -0.2) is 4.99 Å². The number of hydrogen-bond donors (Lipinski definition) is 2. The van der Waals surface area contributed by atoms with E-state index >= 15 is 0 Å². The maximum atomic E-state index is 5.44. The van der Waals surface area contributed by atoms with E-state index in [2.05, 4.69) is 52.8 Å². The molecule has 0 saturated carbocycles. The highest BCUT2D eigenvalue weighted by atomic mass is 127. The predicted molar refractivity (Wildman–Crippen MR) is 137 cm³/mol. The summed E-state index contributed by atoms with van der Waals surface area (Å²) >= 11 is 0. The van der Waals surface area contributed by atoms with Crippen molar-refractivity contribution in [2.24, 2.45) is 4.99 Å². The molecule has 0 radical (unpaired) electrons. The van der Waals surface area contributed by atoms with Crippen LogP contribution in [0.3, 0.4) is 0 Å². The number of aliphatic imine (C=N–C) groups is 1. The minimum Gasteiger partial charge on any atom is -0.496 e. The molecule has 0 bridgehead atoms. The lowest BCUT2D eigenvalue weighted by Gasteiger charge is -2.26. The second-order valence-electron chi connectivity index (χ2n) is 7.39. The molecule has 0 atom stereocenters. The van der Waals surface area contributed by atoms with Gasteiger partial charge in [0.1, 0.15) is 5.75 Å².